The first-order valence-corrected chi connectivity index (χ1v) is 9.84. The first kappa shape index (κ1) is 18.9. The molecule has 8 heteroatoms. The molecule has 0 saturated carbocycles. The lowest BCUT2D eigenvalue weighted by Crippen LogP contribution is -2.22. The maximum Gasteiger partial charge on any atom is 0.242 e. The molecule has 0 aliphatic rings. The third kappa shape index (κ3) is 3.39. The van der Waals surface area contributed by atoms with Crippen LogP contribution in [-0.4, -0.2) is 36.4 Å². The van der Waals surface area contributed by atoms with Gasteiger partial charge in [-0.15, -0.1) is 0 Å². The number of nitrogens with one attached hydrogen (secondary N) is 1. The average Bonchev–Trinajstić information content (AvgIpc) is 2.97. The molecular weight excluding hydrogens is 362 g/mol. The van der Waals surface area contributed by atoms with E-state index in [0.717, 1.165) is 16.6 Å². The SMILES string of the molecule is CC(Nc1nc2cccc(C#N)c2n1C)c1cccc(S(=O)(=O)N(C)C)c1. The van der Waals surface area contributed by atoms with E-state index in [1.165, 1.54) is 18.4 Å². The Morgan fingerprint density at radius 1 is 1.22 bits per heavy atom. The minimum Gasteiger partial charge on any atom is -0.349 e. The second-order valence-electron chi connectivity index (χ2n) is 6.51. The standard InChI is InChI=1S/C19H21N5O2S/c1-13(14-7-5-9-16(11-14)27(25,26)23(2)3)21-19-22-17-10-6-8-15(12-20)18(17)24(19)4/h5-11,13H,1-4H3,(H,21,22). The van der Waals surface area contributed by atoms with E-state index in [-0.39, 0.29) is 10.9 Å². The number of para-hydroxylation sites is 1. The van der Waals surface area contributed by atoms with Crippen molar-refractivity contribution in [1.29, 1.82) is 5.26 Å². The lowest BCUT2D eigenvalue weighted by atomic mass is 10.1. The molecule has 0 fully saturated rings. The molecule has 1 heterocycles. The van der Waals surface area contributed by atoms with Gasteiger partial charge in [0.1, 0.15) is 6.07 Å². The summed E-state index contributed by atoms with van der Waals surface area (Å²) in [6.07, 6.45) is 0. The van der Waals surface area contributed by atoms with Gasteiger partial charge >= 0.3 is 0 Å². The molecule has 0 spiro atoms. The van der Waals surface area contributed by atoms with Crippen LogP contribution in [0.2, 0.25) is 0 Å². The molecule has 0 bridgehead atoms. The average molecular weight is 383 g/mol. The Labute approximate surface area is 158 Å². The first-order chi connectivity index (χ1) is 12.8. The van der Waals surface area contributed by atoms with Gasteiger partial charge in [-0.25, -0.2) is 17.7 Å². The van der Waals surface area contributed by atoms with E-state index in [1.54, 1.807) is 30.3 Å². The molecule has 1 N–H and O–H groups in total. The number of anilines is 1. The predicted molar refractivity (Wildman–Crippen MR) is 105 cm³/mol. The number of hydrogen-bond donors (Lipinski definition) is 1. The molecule has 1 atom stereocenters. The van der Waals surface area contributed by atoms with E-state index in [2.05, 4.69) is 16.4 Å². The molecule has 1 aromatic heterocycles. The van der Waals surface area contributed by atoms with Crippen LogP contribution in [0.5, 0.6) is 0 Å². The molecule has 3 aromatic rings. The number of sulfonamides is 1. The molecule has 0 amide bonds. The number of rotatable bonds is 5. The van der Waals surface area contributed by atoms with Gasteiger partial charge in [-0.05, 0) is 36.8 Å². The van der Waals surface area contributed by atoms with Crippen molar-refractivity contribution < 1.29 is 8.42 Å². The summed E-state index contributed by atoms with van der Waals surface area (Å²) in [4.78, 5) is 4.81. The van der Waals surface area contributed by atoms with Crippen LogP contribution in [0.25, 0.3) is 11.0 Å². The van der Waals surface area contributed by atoms with Crippen LogP contribution in [-0.2, 0) is 17.1 Å². The van der Waals surface area contributed by atoms with Crippen molar-refractivity contribution in [3.8, 4) is 6.07 Å². The van der Waals surface area contributed by atoms with E-state index in [1.807, 2.05) is 30.7 Å². The summed E-state index contributed by atoms with van der Waals surface area (Å²) in [5.74, 6) is 0.612. The van der Waals surface area contributed by atoms with Crippen molar-refractivity contribution >= 4 is 27.0 Å². The van der Waals surface area contributed by atoms with Crippen LogP contribution >= 0.6 is 0 Å². The van der Waals surface area contributed by atoms with Gasteiger partial charge in [-0.3, -0.25) is 0 Å². The van der Waals surface area contributed by atoms with Gasteiger partial charge in [0.15, 0.2) is 0 Å². The molecule has 27 heavy (non-hydrogen) atoms. The van der Waals surface area contributed by atoms with Crippen molar-refractivity contribution in [1.82, 2.24) is 13.9 Å². The zero-order chi connectivity index (χ0) is 19.8. The second kappa shape index (κ2) is 7.02. The fourth-order valence-electron chi connectivity index (χ4n) is 2.92. The zero-order valence-corrected chi connectivity index (χ0v) is 16.4. The highest BCUT2D eigenvalue weighted by Gasteiger charge is 2.19. The first-order valence-electron chi connectivity index (χ1n) is 8.40. The van der Waals surface area contributed by atoms with Crippen LogP contribution < -0.4 is 5.32 Å². The van der Waals surface area contributed by atoms with E-state index < -0.39 is 10.0 Å². The minimum absolute atomic E-state index is 0.177. The lowest BCUT2D eigenvalue weighted by molar-refractivity contribution is 0.520. The highest BCUT2D eigenvalue weighted by Crippen LogP contribution is 2.26. The summed E-state index contributed by atoms with van der Waals surface area (Å²) in [7, 11) is 1.37. The molecule has 1 unspecified atom stereocenters. The Balaban J connectivity index is 1.95. The highest BCUT2D eigenvalue weighted by molar-refractivity contribution is 7.89. The Hall–Kier alpha value is -2.89. The second-order valence-corrected chi connectivity index (χ2v) is 8.66. The monoisotopic (exact) mass is 383 g/mol. The molecule has 140 valence electrons. The topological polar surface area (TPSA) is 91.0 Å². The predicted octanol–water partition coefficient (Wildman–Crippen LogP) is 2.87. The maximum absolute atomic E-state index is 12.4. The summed E-state index contributed by atoms with van der Waals surface area (Å²) in [5.41, 5.74) is 2.88. The van der Waals surface area contributed by atoms with E-state index >= 15 is 0 Å². The van der Waals surface area contributed by atoms with Crippen LogP contribution in [0, 0.1) is 11.3 Å². The van der Waals surface area contributed by atoms with Gasteiger partial charge in [-0.1, -0.05) is 18.2 Å². The third-order valence-corrected chi connectivity index (χ3v) is 6.31. The number of fused-ring (bicyclic) bond motifs is 1. The van der Waals surface area contributed by atoms with Gasteiger partial charge in [-0.2, -0.15) is 5.26 Å². The summed E-state index contributed by atoms with van der Waals surface area (Å²) in [6, 6.07) is 14.3. The van der Waals surface area contributed by atoms with Crippen molar-refractivity contribution in [2.75, 3.05) is 19.4 Å². The fraction of sp³-hybridized carbons (Fsp3) is 0.263. The summed E-state index contributed by atoms with van der Waals surface area (Å²) >= 11 is 0. The summed E-state index contributed by atoms with van der Waals surface area (Å²) < 4.78 is 27.8. The number of benzene rings is 2. The summed E-state index contributed by atoms with van der Waals surface area (Å²) in [6.45, 7) is 1.94. The van der Waals surface area contributed by atoms with E-state index in [4.69, 9.17) is 0 Å². The van der Waals surface area contributed by atoms with Crippen LogP contribution in [0.3, 0.4) is 0 Å². The molecule has 3 rings (SSSR count). The molecule has 0 aliphatic carbocycles. The van der Waals surface area contributed by atoms with Gasteiger partial charge in [0, 0.05) is 21.1 Å². The van der Waals surface area contributed by atoms with Gasteiger partial charge in [0.25, 0.3) is 0 Å². The smallest absolute Gasteiger partial charge is 0.242 e. The van der Waals surface area contributed by atoms with Crippen LogP contribution in [0.15, 0.2) is 47.4 Å². The van der Waals surface area contributed by atoms with Gasteiger partial charge in [0.2, 0.25) is 16.0 Å². The lowest BCUT2D eigenvalue weighted by Gasteiger charge is -2.17. The molecule has 2 aromatic carbocycles. The number of nitriles is 1. The Morgan fingerprint density at radius 2 is 1.93 bits per heavy atom. The number of hydrogen-bond acceptors (Lipinski definition) is 5. The van der Waals surface area contributed by atoms with Gasteiger partial charge < -0.3 is 9.88 Å². The van der Waals surface area contributed by atoms with Gasteiger partial charge in [0.05, 0.1) is 27.5 Å². The Kier molecular flexibility index (Phi) is 4.91. The molecule has 0 radical (unpaired) electrons. The van der Waals surface area contributed by atoms with Crippen molar-refractivity contribution in [3.05, 3.63) is 53.6 Å². The maximum atomic E-state index is 12.4. The molecule has 0 saturated heterocycles. The molecular formula is C19H21N5O2S. The van der Waals surface area contributed by atoms with Crippen LogP contribution in [0.4, 0.5) is 5.95 Å². The minimum atomic E-state index is -3.49. The van der Waals surface area contributed by atoms with Crippen molar-refractivity contribution in [2.24, 2.45) is 7.05 Å². The number of nitrogens with zero attached hydrogens (tertiary/aromatic N) is 4. The highest BCUT2D eigenvalue weighted by atomic mass is 32.2. The summed E-state index contributed by atoms with van der Waals surface area (Å²) in [5, 5.41) is 12.6. The number of aryl methyl sites for hydroxylation is 1. The Bertz CT molecular complexity index is 1140. The number of imidazole rings is 1. The fourth-order valence-corrected chi connectivity index (χ4v) is 3.88. The largest absolute Gasteiger partial charge is 0.349 e. The van der Waals surface area contributed by atoms with Crippen LogP contribution in [0.1, 0.15) is 24.1 Å². The van der Waals surface area contributed by atoms with Crippen molar-refractivity contribution in [2.45, 2.75) is 17.9 Å². The third-order valence-electron chi connectivity index (χ3n) is 4.50. The number of aromatic nitrogens is 2. The molecule has 0 aliphatic heterocycles. The Morgan fingerprint density at radius 3 is 2.59 bits per heavy atom. The van der Waals surface area contributed by atoms with E-state index in [0.29, 0.717) is 11.5 Å². The van der Waals surface area contributed by atoms with Crippen molar-refractivity contribution in [3.63, 3.8) is 0 Å². The zero-order valence-electron chi connectivity index (χ0n) is 15.6. The van der Waals surface area contributed by atoms with E-state index in [9.17, 15) is 13.7 Å². The quantitative estimate of drug-likeness (QED) is 0.731. The normalized spacial score (nSPS) is 12.9. The molecule has 7 nitrogen and oxygen atoms in total.